The third kappa shape index (κ3) is 5.15. The molecule has 0 bridgehead atoms. The molecule has 0 saturated carbocycles. The van der Waals surface area contributed by atoms with E-state index in [0.717, 1.165) is 44.0 Å². The number of hydrogen-bond donors (Lipinski definition) is 0. The summed E-state index contributed by atoms with van der Waals surface area (Å²) in [7, 11) is 0. The van der Waals surface area contributed by atoms with E-state index in [4.69, 9.17) is 27.9 Å². The Bertz CT molecular complexity index is 1320. The first-order valence-electron chi connectivity index (χ1n) is 10.9. The van der Waals surface area contributed by atoms with Crippen molar-refractivity contribution in [1.82, 2.24) is 4.72 Å². The van der Waals surface area contributed by atoms with Crippen LogP contribution in [0.4, 0.5) is 5.69 Å². The van der Waals surface area contributed by atoms with Crippen LogP contribution >= 0.6 is 35.1 Å². The normalized spacial score (nSPS) is 10.8. The Morgan fingerprint density at radius 3 is 1.38 bits per heavy atom. The summed E-state index contributed by atoms with van der Waals surface area (Å²) >= 11 is 13.8. The highest BCUT2D eigenvalue weighted by Crippen LogP contribution is 2.43. The summed E-state index contributed by atoms with van der Waals surface area (Å²) in [6.07, 6.45) is 0. The number of rotatable bonds is 6. The Kier molecular flexibility index (Phi) is 6.92. The van der Waals surface area contributed by atoms with Crippen molar-refractivity contribution in [1.29, 1.82) is 0 Å². The van der Waals surface area contributed by atoms with Crippen molar-refractivity contribution in [3.8, 4) is 33.4 Å². The van der Waals surface area contributed by atoms with Crippen LogP contribution in [0.5, 0.6) is 0 Å². The SMILES string of the molecule is Clc1cc(Cl)cc(S[N]c2c(-c3ccccc3)cc(-c3ccccc3)cc2-c2ccccc2)c1. The Balaban J connectivity index is 1.70. The predicted octanol–water partition coefficient (Wildman–Crippen LogP) is 9.94. The molecule has 0 heterocycles. The molecule has 0 atom stereocenters. The average Bonchev–Trinajstić information content (AvgIpc) is 2.88. The van der Waals surface area contributed by atoms with Crippen molar-refractivity contribution >= 4 is 40.8 Å². The van der Waals surface area contributed by atoms with Gasteiger partial charge in [0.05, 0.1) is 5.69 Å². The Morgan fingerprint density at radius 2 is 0.912 bits per heavy atom. The maximum Gasteiger partial charge on any atom is 0.0874 e. The molecule has 0 unspecified atom stereocenters. The second kappa shape index (κ2) is 10.4. The highest BCUT2D eigenvalue weighted by Gasteiger charge is 2.17. The third-order valence-electron chi connectivity index (χ3n) is 5.47. The lowest BCUT2D eigenvalue weighted by Gasteiger charge is -2.18. The van der Waals surface area contributed by atoms with Crippen molar-refractivity contribution in [3.63, 3.8) is 0 Å². The minimum Gasteiger partial charge on any atom is -0.210 e. The summed E-state index contributed by atoms with van der Waals surface area (Å²) in [5.74, 6) is 0. The van der Waals surface area contributed by atoms with Crippen molar-refractivity contribution in [2.75, 3.05) is 0 Å². The molecule has 0 aromatic heterocycles. The monoisotopic (exact) mass is 496 g/mol. The molecule has 5 rings (SSSR count). The summed E-state index contributed by atoms with van der Waals surface area (Å²) in [6, 6.07) is 41.2. The molecule has 1 radical (unpaired) electrons. The number of benzene rings is 5. The van der Waals surface area contributed by atoms with Crippen molar-refractivity contribution in [2.45, 2.75) is 4.90 Å². The van der Waals surface area contributed by atoms with Gasteiger partial charge in [0.1, 0.15) is 0 Å². The minimum atomic E-state index is 0.594. The van der Waals surface area contributed by atoms with E-state index in [2.05, 4.69) is 84.9 Å². The minimum absolute atomic E-state index is 0.594. The number of nitrogens with zero attached hydrogens (tertiary/aromatic N) is 1. The molecule has 0 aliphatic rings. The van der Waals surface area contributed by atoms with E-state index < -0.39 is 0 Å². The van der Waals surface area contributed by atoms with E-state index in [-0.39, 0.29) is 0 Å². The van der Waals surface area contributed by atoms with Gasteiger partial charge >= 0.3 is 0 Å². The van der Waals surface area contributed by atoms with Gasteiger partial charge in [0.15, 0.2) is 0 Å². The molecule has 0 N–H and O–H groups in total. The van der Waals surface area contributed by atoms with E-state index in [1.807, 2.05) is 30.3 Å². The van der Waals surface area contributed by atoms with Gasteiger partial charge in [-0.25, -0.2) is 4.72 Å². The Labute approximate surface area is 214 Å². The first-order chi connectivity index (χ1) is 16.7. The molecule has 1 nitrogen and oxygen atoms in total. The van der Waals surface area contributed by atoms with Gasteiger partial charge in [-0.15, -0.1) is 0 Å². The van der Waals surface area contributed by atoms with Crippen LogP contribution in [0.25, 0.3) is 33.4 Å². The smallest absolute Gasteiger partial charge is 0.0874 e. The maximum atomic E-state index is 6.24. The molecule has 0 saturated heterocycles. The lowest BCUT2D eigenvalue weighted by Crippen LogP contribution is -1.96. The fourth-order valence-corrected chi connectivity index (χ4v) is 5.29. The average molecular weight is 497 g/mol. The molecular weight excluding hydrogens is 477 g/mol. The molecule has 0 aliphatic heterocycles. The third-order valence-corrected chi connectivity index (χ3v) is 6.62. The van der Waals surface area contributed by atoms with Crippen LogP contribution < -0.4 is 4.72 Å². The summed E-state index contributed by atoms with van der Waals surface area (Å²) in [5.41, 5.74) is 7.59. The van der Waals surface area contributed by atoms with E-state index in [1.54, 1.807) is 6.07 Å². The van der Waals surface area contributed by atoms with Crippen LogP contribution in [0, 0.1) is 0 Å². The maximum absolute atomic E-state index is 6.24. The van der Waals surface area contributed by atoms with Crippen LogP contribution in [-0.2, 0) is 0 Å². The molecule has 0 aliphatic carbocycles. The molecule has 0 amide bonds. The quantitative estimate of drug-likeness (QED) is 0.213. The first-order valence-corrected chi connectivity index (χ1v) is 12.4. The van der Waals surface area contributed by atoms with E-state index in [9.17, 15) is 0 Å². The predicted molar refractivity (Wildman–Crippen MR) is 147 cm³/mol. The highest BCUT2D eigenvalue weighted by molar-refractivity contribution is 7.97. The van der Waals surface area contributed by atoms with Gasteiger partial charge in [0.25, 0.3) is 0 Å². The number of hydrogen-bond acceptors (Lipinski definition) is 1. The zero-order chi connectivity index (χ0) is 23.3. The van der Waals surface area contributed by atoms with Crippen LogP contribution in [0.1, 0.15) is 0 Å². The van der Waals surface area contributed by atoms with Gasteiger partial charge in [-0.05, 0) is 52.6 Å². The van der Waals surface area contributed by atoms with Crippen LogP contribution in [0.2, 0.25) is 10.0 Å². The summed E-state index contributed by atoms with van der Waals surface area (Å²) in [6.45, 7) is 0. The Morgan fingerprint density at radius 1 is 0.471 bits per heavy atom. The van der Waals surface area contributed by atoms with Gasteiger partial charge in [-0.3, -0.25) is 0 Å². The zero-order valence-corrected chi connectivity index (χ0v) is 20.5. The zero-order valence-electron chi connectivity index (χ0n) is 18.2. The van der Waals surface area contributed by atoms with Gasteiger partial charge in [0, 0.05) is 38.0 Å². The second-order valence-corrected chi connectivity index (χ2v) is 9.52. The van der Waals surface area contributed by atoms with Crippen LogP contribution in [0.15, 0.2) is 126 Å². The molecule has 0 spiro atoms. The fourth-order valence-electron chi connectivity index (χ4n) is 3.89. The van der Waals surface area contributed by atoms with Crippen molar-refractivity contribution in [3.05, 3.63) is 131 Å². The topological polar surface area (TPSA) is 14.1 Å². The molecule has 0 fully saturated rings. The van der Waals surface area contributed by atoms with E-state index in [0.29, 0.717) is 10.0 Å². The fraction of sp³-hybridized carbons (Fsp3) is 0. The highest BCUT2D eigenvalue weighted by atomic mass is 35.5. The van der Waals surface area contributed by atoms with Crippen LogP contribution in [0.3, 0.4) is 0 Å². The lowest BCUT2D eigenvalue weighted by molar-refractivity contribution is 1.34. The largest absolute Gasteiger partial charge is 0.210 e. The summed E-state index contributed by atoms with van der Waals surface area (Å²) in [5, 5.41) is 1.19. The molecule has 165 valence electrons. The molecule has 4 heteroatoms. The van der Waals surface area contributed by atoms with E-state index in [1.165, 1.54) is 11.9 Å². The second-order valence-electron chi connectivity index (χ2n) is 7.81. The lowest BCUT2D eigenvalue weighted by atomic mass is 9.91. The Hall–Kier alpha value is -3.17. The summed E-state index contributed by atoms with van der Waals surface area (Å²) in [4.78, 5) is 0.891. The van der Waals surface area contributed by atoms with Crippen LogP contribution in [-0.4, -0.2) is 0 Å². The standard InChI is InChI=1S/C30H20Cl2NS/c31-25-18-26(32)20-27(19-25)34-33-30-28(22-12-6-2-7-13-22)16-24(21-10-4-1-5-11-21)17-29(30)23-14-8-3-9-15-23/h1-20H. The van der Waals surface area contributed by atoms with Gasteiger partial charge in [-0.1, -0.05) is 114 Å². The molecular formula is C30H20Cl2NS. The van der Waals surface area contributed by atoms with Gasteiger partial charge < -0.3 is 0 Å². The van der Waals surface area contributed by atoms with Gasteiger partial charge in [0.2, 0.25) is 0 Å². The molecule has 5 aromatic rings. The molecule has 34 heavy (non-hydrogen) atoms. The van der Waals surface area contributed by atoms with Crippen molar-refractivity contribution in [2.24, 2.45) is 0 Å². The van der Waals surface area contributed by atoms with E-state index >= 15 is 0 Å². The van der Waals surface area contributed by atoms with Gasteiger partial charge in [-0.2, -0.15) is 0 Å². The first kappa shape index (κ1) is 22.6. The summed E-state index contributed by atoms with van der Waals surface area (Å²) < 4.78 is 5.05. The van der Waals surface area contributed by atoms with Crippen molar-refractivity contribution < 1.29 is 0 Å². The molecule has 5 aromatic carbocycles. The number of halogens is 2.